The molecule has 0 N–H and O–H groups in total. The van der Waals surface area contributed by atoms with Gasteiger partial charge >= 0.3 is 0 Å². The molecular formula is C25H32N4O5SSi. The van der Waals surface area contributed by atoms with Crippen molar-refractivity contribution in [2.45, 2.75) is 39.0 Å². The fourth-order valence-electron chi connectivity index (χ4n) is 3.65. The maximum absolute atomic E-state index is 11.2. The van der Waals surface area contributed by atoms with Crippen LogP contribution in [-0.2, 0) is 32.3 Å². The van der Waals surface area contributed by atoms with Gasteiger partial charge in [0.2, 0.25) is 5.88 Å². The lowest BCUT2D eigenvalue weighted by Crippen LogP contribution is -2.22. The second-order valence-electron chi connectivity index (χ2n) is 9.81. The van der Waals surface area contributed by atoms with Gasteiger partial charge in [0.1, 0.15) is 12.5 Å². The second-order valence-corrected chi connectivity index (χ2v) is 17.1. The molecule has 0 bridgehead atoms. The minimum absolute atomic E-state index is 0.0840. The highest BCUT2D eigenvalue weighted by Gasteiger charge is 2.13. The Morgan fingerprint density at radius 2 is 1.86 bits per heavy atom. The molecule has 0 saturated heterocycles. The quantitative estimate of drug-likeness (QED) is 0.145. The number of pyridine rings is 1. The number of nitrogens with zero attached hydrogens (tertiary/aromatic N) is 4. The molecule has 9 nitrogen and oxygen atoms in total. The summed E-state index contributed by atoms with van der Waals surface area (Å²) in [4.78, 5) is 4.47. The van der Waals surface area contributed by atoms with Gasteiger partial charge in [-0.3, -0.25) is 4.18 Å². The first-order valence-corrected chi connectivity index (χ1v) is 17.3. The van der Waals surface area contributed by atoms with E-state index in [9.17, 15) is 8.42 Å². The maximum atomic E-state index is 11.2. The molecule has 0 aliphatic heterocycles. The normalized spacial score (nSPS) is 12.3. The van der Waals surface area contributed by atoms with Crippen LogP contribution in [0.3, 0.4) is 0 Å². The highest BCUT2D eigenvalue weighted by atomic mass is 32.2. The smallest absolute Gasteiger partial charge is 0.264 e. The first kappa shape index (κ1) is 26.1. The molecule has 0 aliphatic carbocycles. The van der Waals surface area contributed by atoms with E-state index in [4.69, 9.17) is 13.7 Å². The summed E-state index contributed by atoms with van der Waals surface area (Å²) in [5.41, 5.74) is 2.82. The number of ether oxygens (including phenoxy) is 2. The van der Waals surface area contributed by atoms with Crippen molar-refractivity contribution in [1.82, 2.24) is 19.3 Å². The third kappa shape index (κ3) is 7.26. The minimum atomic E-state index is -3.45. The molecule has 3 heterocycles. The SMILES string of the molecule is C[Si](C)(C)CCOCn1nccc1-c1ccc(Oc2ccc3c(ccn3CCOS(C)(=O)=O)c2)nc1. The Morgan fingerprint density at radius 1 is 1.03 bits per heavy atom. The average molecular weight is 529 g/mol. The lowest BCUT2D eigenvalue weighted by Gasteiger charge is -2.16. The predicted molar refractivity (Wildman–Crippen MR) is 142 cm³/mol. The fraction of sp³-hybridized carbons (Fsp3) is 0.360. The van der Waals surface area contributed by atoms with E-state index in [1.807, 2.05) is 57.9 Å². The zero-order valence-corrected chi connectivity index (χ0v) is 22.9. The summed E-state index contributed by atoms with van der Waals surface area (Å²) < 4.78 is 42.8. The molecule has 36 heavy (non-hydrogen) atoms. The fourth-order valence-corrected chi connectivity index (χ4v) is 4.78. The monoisotopic (exact) mass is 528 g/mol. The molecular weight excluding hydrogens is 496 g/mol. The van der Waals surface area contributed by atoms with Gasteiger partial charge in [-0.1, -0.05) is 19.6 Å². The van der Waals surface area contributed by atoms with Crippen LogP contribution in [0, 0.1) is 0 Å². The van der Waals surface area contributed by atoms with Crippen molar-refractivity contribution < 1.29 is 22.1 Å². The number of benzene rings is 1. The molecule has 0 unspecified atom stereocenters. The molecule has 0 spiro atoms. The largest absolute Gasteiger partial charge is 0.439 e. The molecule has 0 saturated carbocycles. The van der Waals surface area contributed by atoms with Crippen LogP contribution < -0.4 is 4.74 Å². The van der Waals surface area contributed by atoms with Gasteiger partial charge in [-0.25, -0.2) is 9.67 Å². The van der Waals surface area contributed by atoms with Crippen molar-refractivity contribution in [1.29, 1.82) is 0 Å². The Balaban J connectivity index is 1.37. The molecule has 0 radical (unpaired) electrons. The van der Waals surface area contributed by atoms with Gasteiger partial charge in [-0.15, -0.1) is 0 Å². The summed E-state index contributed by atoms with van der Waals surface area (Å²) >= 11 is 0. The summed E-state index contributed by atoms with van der Waals surface area (Å²) in [6.45, 7) is 8.66. The van der Waals surface area contributed by atoms with E-state index in [2.05, 4.69) is 29.7 Å². The summed E-state index contributed by atoms with van der Waals surface area (Å²) in [7, 11) is -4.58. The van der Waals surface area contributed by atoms with Crippen LogP contribution in [0.2, 0.25) is 25.7 Å². The molecule has 4 rings (SSSR count). The van der Waals surface area contributed by atoms with E-state index in [0.29, 0.717) is 24.9 Å². The Labute approximate surface area is 212 Å². The molecule has 11 heteroatoms. The molecule has 0 amide bonds. The zero-order chi connectivity index (χ0) is 25.8. The van der Waals surface area contributed by atoms with Crippen LogP contribution in [0.4, 0.5) is 0 Å². The zero-order valence-electron chi connectivity index (χ0n) is 21.0. The first-order valence-electron chi connectivity index (χ1n) is 11.7. The van der Waals surface area contributed by atoms with E-state index < -0.39 is 18.2 Å². The maximum Gasteiger partial charge on any atom is 0.264 e. The van der Waals surface area contributed by atoms with Gasteiger partial charge in [0.15, 0.2) is 0 Å². The van der Waals surface area contributed by atoms with Crippen molar-refractivity contribution in [2.75, 3.05) is 19.5 Å². The van der Waals surface area contributed by atoms with Crippen LogP contribution >= 0.6 is 0 Å². The van der Waals surface area contributed by atoms with Crippen molar-refractivity contribution >= 4 is 29.1 Å². The molecule has 192 valence electrons. The molecule has 3 aromatic heterocycles. The van der Waals surface area contributed by atoms with Gasteiger partial charge in [0.05, 0.1) is 18.6 Å². The van der Waals surface area contributed by atoms with E-state index in [-0.39, 0.29) is 6.61 Å². The molecule has 4 aromatic rings. The first-order chi connectivity index (χ1) is 17.1. The van der Waals surface area contributed by atoms with E-state index in [1.165, 1.54) is 0 Å². The van der Waals surface area contributed by atoms with Gasteiger partial charge in [-0.05, 0) is 42.4 Å². The lowest BCUT2D eigenvalue weighted by atomic mass is 10.2. The van der Waals surface area contributed by atoms with Crippen LogP contribution in [0.5, 0.6) is 11.6 Å². The van der Waals surface area contributed by atoms with Crippen molar-refractivity contribution in [3.63, 3.8) is 0 Å². The summed E-state index contributed by atoms with van der Waals surface area (Å²) in [6.07, 6.45) is 6.47. The predicted octanol–water partition coefficient (Wildman–Crippen LogP) is 4.98. The van der Waals surface area contributed by atoms with Crippen LogP contribution in [0.1, 0.15) is 0 Å². The molecule has 0 fully saturated rings. The number of rotatable bonds is 12. The third-order valence-corrected chi connectivity index (χ3v) is 7.85. The van der Waals surface area contributed by atoms with E-state index >= 15 is 0 Å². The van der Waals surface area contributed by atoms with E-state index in [0.717, 1.165) is 41.1 Å². The number of fused-ring (bicyclic) bond motifs is 1. The number of hydrogen-bond acceptors (Lipinski definition) is 7. The van der Waals surface area contributed by atoms with Crippen LogP contribution in [0.25, 0.3) is 22.2 Å². The second kappa shape index (κ2) is 11.0. The van der Waals surface area contributed by atoms with Gasteiger partial charge in [0.25, 0.3) is 10.1 Å². The summed E-state index contributed by atoms with van der Waals surface area (Å²) in [5.74, 6) is 1.14. The minimum Gasteiger partial charge on any atom is -0.439 e. The molecule has 0 aliphatic rings. The standard InChI is InChI=1S/C25H32N4O5SSi/c1-35(30,31)33-14-13-28-12-10-20-17-22(6-7-23(20)28)34-25-8-5-21(18-26-25)24-9-11-27-29(24)19-32-15-16-36(2,3)4/h5-12,17-18H,13-16,19H2,1-4H3. The average Bonchev–Trinajstić information content (AvgIpc) is 3.43. The Morgan fingerprint density at radius 3 is 2.58 bits per heavy atom. The highest BCUT2D eigenvalue weighted by molar-refractivity contribution is 7.85. The van der Waals surface area contributed by atoms with Crippen molar-refractivity contribution in [2.24, 2.45) is 0 Å². The topological polar surface area (TPSA) is 97.5 Å². The molecule has 0 atom stereocenters. The summed E-state index contributed by atoms with van der Waals surface area (Å²) in [6, 6.07) is 14.5. The van der Waals surface area contributed by atoms with Gasteiger partial charge in [-0.2, -0.15) is 13.5 Å². The Kier molecular flexibility index (Phi) is 7.93. The number of hydrogen-bond donors (Lipinski definition) is 0. The highest BCUT2D eigenvalue weighted by Crippen LogP contribution is 2.27. The third-order valence-electron chi connectivity index (χ3n) is 5.55. The molecule has 1 aromatic carbocycles. The van der Waals surface area contributed by atoms with Crippen molar-refractivity contribution in [3.8, 4) is 22.9 Å². The Hall–Kier alpha value is -2.99. The number of aromatic nitrogens is 4. The lowest BCUT2D eigenvalue weighted by molar-refractivity contribution is 0.0798. The Bertz CT molecular complexity index is 1410. The van der Waals surface area contributed by atoms with Gasteiger partial charge in [0, 0.05) is 62.3 Å². The summed E-state index contributed by atoms with van der Waals surface area (Å²) in [5, 5.41) is 5.36. The van der Waals surface area contributed by atoms with Crippen LogP contribution in [-0.4, -0.2) is 55.3 Å². The van der Waals surface area contributed by atoms with Crippen LogP contribution in [0.15, 0.2) is 61.1 Å². The van der Waals surface area contributed by atoms with Crippen molar-refractivity contribution in [3.05, 3.63) is 61.1 Å². The van der Waals surface area contributed by atoms with Gasteiger partial charge < -0.3 is 14.0 Å². The van der Waals surface area contributed by atoms with E-state index in [1.54, 1.807) is 12.4 Å².